The molecule has 3 aromatic rings. The highest BCUT2D eigenvalue weighted by atomic mass is 16.5. The Morgan fingerprint density at radius 2 is 1.56 bits per heavy atom. The first kappa shape index (κ1) is 19.8. The summed E-state index contributed by atoms with van der Waals surface area (Å²) in [4.78, 5) is 36.9. The highest BCUT2D eigenvalue weighted by Crippen LogP contribution is 2.44. The molecule has 2 aliphatic rings. The summed E-state index contributed by atoms with van der Waals surface area (Å²) >= 11 is 0. The normalized spacial score (nSPS) is 14.7. The third-order valence-electron chi connectivity index (χ3n) is 5.82. The molecule has 1 fully saturated rings. The molecule has 1 aliphatic carbocycles. The van der Waals surface area contributed by atoms with E-state index in [0.717, 1.165) is 21.6 Å². The van der Waals surface area contributed by atoms with Gasteiger partial charge < -0.3 is 10.1 Å². The lowest BCUT2D eigenvalue weighted by molar-refractivity contribution is -0.125. The smallest absolute Gasteiger partial charge is 0.411 e. The average molecular weight is 427 g/mol. The zero-order chi connectivity index (χ0) is 22.1. The van der Waals surface area contributed by atoms with Gasteiger partial charge in [0.25, 0.3) is 0 Å². The molecule has 160 valence electrons. The quantitative estimate of drug-likeness (QED) is 0.600. The molecule has 0 atom stereocenters. The fourth-order valence-corrected chi connectivity index (χ4v) is 4.24. The molecule has 0 radical (unpaired) electrons. The Bertz CT molecular complexity index is 1140. The van der Waals surface area contributed by atoms with E-state index in [9.17, 15) is 14.4 Å². The lowest BCUT2D eigenvalue weighted by Gasteiger charge is -2.15. The van der Waals surface area contributed by atoms with Crippen molar-refractivity contribution in [3.05, 3.63) is 89.5 Å². The van der Waals surface area contributed by atoms with E-state index in [-0.39, 0.29) is 31.5 Å². The maximum atomic E-state index is 12.4. The Hall–Kier alpha value is -4.13. The summed E-state index contributed by atoms with van der Waals surface area (Å²) < 4.78 is 5.55. The Morgan fingerprint density at radius 1 is 0.938 bits per heavy atom. The molecule has 0 spiro atoms. The number of urea groups is 1. The average Bonchev–Trinajstić information content (AvgIpc) is 3.31. The SMILES string of the molecule is O=C(Nc1ccc(CN2C(=O)CNC2=O)cc1)OCC1c2ccccc2-c2ccccc21. The number of ether oxygens (including phenoxy) is 1. The molecule has 2 N–H and O–H groups in total. The summed E-state index contributed by atoms with van der Waals surface area (Å²) in [6.45, 7) is 0.459. The zero-order valence-corrected chi connectivity index (χ0v) is 17.2. The lowest BCUT2D eigenvalue weighted by atomic mass is 9.98. The van der Waals surface area contributed by atoms with E-state index >= 15 is 0 Å². The minimum Gasteiger partial charge on any atom is -0.448 e. The second kappa shape index (κ2) is 8.19. The number of fused-ring (bicyclic) bond motifs is 3. The Morgan fingerprint density at radius 3 is 2.16 bits per heavy atom. The second-order valence-corrected chi connectivity index (χ2v) is 7.79. The number of nitrogens with one attached hydrogen (secondary N) is 2. The van der Waals surface area contributed by atoms with Gasteiger partial charge in [-0.15, -0.1) is 0 Å². The molecule has 1 saturated heterocycles. The number of rotatable bonds is 5. The van der Waals surface area contributed by atoms with Gasteiger partial charge in [-0.25, -0.2) is 9.59 Å². The van der Waals surface area contributed by atoms with Gasteiger partial charge in [0.1, 0.15) is 6.61 Å². The van der Waals surface area contributed by atoms with Crippen LogP contribution in [0, 0.1) is 0 Å². The maximum absolute atomic E-state index is 12.4. The minimum atomic E-state index is -0.534. The van der Waals surface area contributed by atoms with E-state index in [1.165, 1.54) is 11.1 Å². The molecule has 0 bridgehead atoms. The Kier molecular flexibility index (Phi) is 5.07. The first-order valence-electron chi connectivity index (χ1n) is 10.4. The third kappa shape index (κ3) is 3.69. The largest absolute Gasteiger partial charge is 0.448 e. The van der Waals surface area contributed by atoms with Crippen LogP contribution in [0.1, 0.15) is 22.6 Å². The van der Waals surface area contributed by atoms with Gasteiger partial charge in [0.2, 0.25) is 5.91 Å². The van der Waals surface area contributed by atoms with E-state index in [0.29, 0.717) is 5.69 Å². The van der Waals surface area contributed by atoms with Crippen LogP contribution < -0.4 is 10.6 Å². The molecule has 1 aliphatic heterocycles. The number of imide groups is 1. The number of nitrogens with zero attached hydrogens (tertiary/aromatic N) is 1. The van der Waals surface area contributed by atoms with Crippen LogP contribution >= 0.6 is 0 Å². The van der Waals surface area contributed by atoms with Crippen molar-refractivity contribution in [2.75, 3.05) is 18.5 Å². The Balaban J connectivity index is 1.21. The minimum absolute atomic E-state index is 0.000305. The van der Waals surface area contributed by atoms with Crippen LogP contribution in [0.2, 0.25) is 0 Å². The van der Waals surface area contributed by atoms with Crippen LogP contribution in [-0.4, -0.2) is 36.1 Å². The van der Waals surface area contributed by atoms with Crippen molar-refractivity contribution in [3.63, 3.8) is 0 Å². The van der Waals surface area contributed by atoms with Crippen molar-refractivity contribution < 1.29 is 19.1 Å². The van der Waals surface area contributed by atoms with E-state index in [1.54, 1.807) is 24.3 Å². The lowest BCUT2D eigenvalue weighted by Crippen LogP contribution is -2.30. The van der Waals surface area contributed by atoms with Crippen molar-refractivity contribution in [2.24, 2.45) is 0 Å². The number of hydrogen-bond acceptors (Lipinski definition) is 4. The van der Waals surface area contributed by atoms with Gasteiger partial charge in [-0.05, 0) is 39.9 Å². The predicted molar refractivity (Wildman–Crippen MR) is 119 cm³/mol. The number of amides is 4. The van der Waals surface area contributed by atoms with Gasteiger partial charge in [-0.1, -0.05) is 60.7 Å². The first-order chi connectivity index (χ1) is 15.6. The number of carbonyl (C=O) groups excluding carboxylic acids is 3. The zero-order valence-electron chi connectivity index (χ0n) is 17.2. The summed E-state index contributed by atoms with van der Waals surface area (Å²) in [6.07, 6.45) is -0.534. The summed E-state index contributed by atoms with van der Waals surface area (Å²) in [5, 5.41) is 5.22. The van der Waals surface area contributed by atoms with Gasteiger partial charge in [0.05, 0.1) is 13.1 Å². The molecule has 7 heteroatoms. The molecular formula is C25H21N3O4. The van der Waals surface area contributed by atoms with Crippen LogP contribution in [-0.2, 0) is 16.1 Å². The number of anilines is 1. The summed E-state index contributed by atoms with van der Waals surface area (Å²) in [5.41, 5.74) is 6.03. The van der Waals surface area contributed by atoms with E-state index in [4.69, 9.17) is 4.74 Å². The topological polar surface area (TPSA) is 87.7 Å². The highest BCUT2D eigenvalue weighted by molar-refractivity contribution is 6.01. The molecule has 1 heterocycles. The fourth-order valence-electron chi connectivity index (χ4n) is 4.24. The van der Waals surface area contributed by atoms with Crippen molar-refractivity contribution in [2.45, 2.75) is 12.5 Å². The van der Waals surface area contributed by atoms with Crippen molar-refractivity contribution in [1.29, 1.82) is 0 Å². The molecule has 32 heavy (non-hydrogen) atoms. The fraction of sp³-hybridized carbons (Fsp3) is 0.160. The second-order valence-electron chi connectivity index (χ2n) is 7.79. The number of carbonyl (C=O) groups is 3. The van der Waals surface area contributed by atoms with E-state index in [2.05, 4.69) is 34.9 Å². The summed E-state index contributed by atoms with van der Waals surface area (Å²) in [7, 11) is 0. The molecule has 5 rings (SSSR count). The maximum Gasteiger partial charge on any atom is 0.411 e. The van der Waals surface area contributed by atoms with E-state index < -0.39 is 12.1 Å². The van der Waals surface area contributed by atoms with Gasteiger partial charge >= 0.3 is 12.1 Å². The highest BCUT2D eigenvalue weighted by Gasteiger charge is 2.29. The molecule has 0 aromatic heterocycles. The van der Waals surface area contributed by atoms with E-state index in [1.807, 2.05) is 24.3 Å². The van der Waals surface area contributed by atoms with Crippen LogP contribution in [0.25, 0.3) is 11.1 Å². The third-order valence-corrected chi connectivity index (χ3v) is 5.82. The summed E-state index contributed by atoms with van der Waals surface area (Å²) in [5.74, 6) is -0.254. The van der Waals surface area contributed by atoms with Crippen molar-refractivity contribution >= 4 is 23.7 Å². The van der Waals surface area contributed by atoms with Crippen LogP contribution in [0.5, 0.6) is 0 Å². The molecule has 0 unspecified atom stereocenters. The van der Waals surface area contributed by atoms with Crippen LogP contribution in [0.4, 0.5) is 15.3 Å². The van der Waals surface area contributed by atoms with Crippen LogP contribution in [0.3, 0.4) is 0 Å². The molecule has 3 aromatic carbocycles. The molecule has 7 nitrogen and oxygen atoms in total. The molecular weight excluding hydrogens is 406 g/mol. The van der Waals surface area contributed by atoms with Gasteiger partial charge in [-0.3, -0.25) is 15.0 Å². The number of benzene rings is 3. The van der Waals surface area contributed by atoms with Crippen molar-refractivity contribution in [3.8, 4) is 11.1 Å². The van der Waals surface area contributed by atoms with Gasteiger partial charge in [0, 0.05) is 11.6 Å². The van der Waals surface area contributed by atoms with Crippen LogP contribution in [0.15, 0.2) is 72.8 Å². The first-order valence-corrected chi connectivity index (χ1v) is 10.4. The predicted octanol–water partition coefficient (Wildman–Crippen LogP) is 4.10. The van der Waals surface area contributed by atoms with Gasteiger partial charge in [-0.2, -0.15) is 0 Å². The Labute approximate surface area is 185 Å². The molecule has 4 amide bonds. The number of hydrogen-bond donors (Lipinski definition) is 2. The molecule has 0 saturated carbocycles. The monoisotopic (exact) mass is 427 g/mol. The standard InChI is InChI=1S/C25H21N3O4/c29-23-13-26-24(30)28(23)14-16-9-11-17(12-10-16)27-25(31)32-15-22-20-7-3-1-5-18(20)19-6-2-4-8-21(19)22/h1-12,22H,13-15H2,(H,26,30)(H,27,31). The van der Waals surface area contributed by atoms with Crippen molar-refractivity contribution in [1.82, 2.24) is 10.2 Å². The summed E-state index contributed by atoms with van der Waals surface area (Å²) in [6, 6.07) is 22.9. The van der Waals surface area contributed by atoms with Gasteiger partial charge in [0.15, 0.2) is 0 Å².